The molecule has 1 aromatic heterocycles. The second kappa shape index (κ2) is 4.56. The molecule has 0 aliphatic carbocycles. The summed E-state index contributed by atoms with van der Waals surface area (Å²) in [6.45, 7) is 2.04. The van der Waals surface area contributed by atoms with Gasteiger partial charge in [-0.15, -0.1) is 0 Å². The highest BCUT2D eigenvalue weighted by atomic mass is 16.6. The van der Waals surface area contributed by atoms with Crippen LogP contribution in [0.1, 0.15) is 18.9 Å². The fourth-order valence-corrected chi connectivity index (χ4v) is 0.879. The highest BCUT2D eigenvalue weighted by Crippen LogP contribution is 2.12. The Kier molecular flexibility index (Phi) is 3.39. The minimum atomic E-state index is -0.817. The molecule has 0 bridgehead atoms. The van der Waals surface area contributed by atoms with Gasteiger partial charge in [-0.25, -0.2) is 9.78 Å². The van der Waals surface area contributed by atoms with Crippen LogP contribution >= 0.6 is 0 Å². The van der Waals surface area contributed by atoms with E-state index in [2.05, 4.69) is 15.2 Å². The maximum absolute atomic E-state index is 11.2. The maximum atomic E-state index is 11.2. The molecule has 0 spiro atoms. The first-order valence-corrected chi connectivity index (χ1v) is 3.84. The minimum absolute atomic E-state index is 0.312. The molecule has 6 heteroatoms. The molecule has 0 aliphatic heterocycles. The molecular weight excluding hydrogens is 174 g/mol. The van der Waals surface area contributed by atoms with E-state index in [1.54, 1.807) is 6.92 Å². The van der Waals surface area contributed by atoms with Crippen molar-refractivity contribution in [3.05, 3.63) is 12.2 Å². The summed E-state index contributed by atoms with van der Waals surface area (Å²) in [5.74, 6) is -0.122. The van der Waals surface area contributed by atoms with Crippen molar-refractivity contribution >= 4 is 5.97 Å². The van der Waals surface area contributed by atoms with Gasteiger partial charge in [0.2, 0.25) is 6.10 Å². The van der Waals surface area contributed by atoms with Gasteiger partial charge in [-0.2, -0.15) is 5.10 Å². The summed E-state index contributed by atoms with van der Waals surface area (Å²) < 4.78 is 9.67. The van der Waals surface area contributed by atoms with Gasteiger partial charge in [-0.3, -0.25) is 5.10 Å². The summed E-state index contributed by atoms with van der Waals surface area (Å²) in [7, 11) is 1.41. The molecule has 0 amide bonds. The van der Waals surface area contributed by atoms with Crippen LogP contribution in [0.5, 0.6) is 0 Å². The number of hydrogen-bond donors (Lipinski definition) is 1. The molecule has 13 heavy (non-hydrogen) atoms. The third kappa shape index (κ3) is 2.25. The van der Waals surface area contributed by atoms with Crippen molar-refractivity contribution in [3.63, 3.8) is 0 Å². The van der Waals surface area contributed by atoms with E-state index < -0.39 is 12.1 Å². The average Bonchev–Trinajstić information content (AvgIpc) is 2.59. The number of H-pyrrole nitrogens is 1. The van der Waals surface area contributed by atoms with E-state index in [9.17, 15) is 4.79 Å². The molecule has 0 saturated heterocycles. The molecule has 1 atom stereocenters. The molecule has 1 aromatic rings. The Hall–Kier alpha value is -1.43. The van der Waals surface area contributed by atoms with Crippen LogP contribution in [-0.2, 0) is 14.3 Å². The fourth-order valence-electron chi connectivity index (χ4n) is 0.879. The zero-order chi connectivity index (χ0) is 9.68. The molecule has 6 nitrogen and oxygen atoms in total. The third-order valence-electron chi connectivity index (χ3n) is 1.42. The van der Waals surface area contributed by atoms with Gasteiger partial charge in [-0.1, -0.05) is 0 Å². The first-order chi connectivity index (χ1) is 6.29. The fraction of sp³-hybridized carbons (Fsp3) is 0.571. The zero-order valence-corrected chi connectivity index (χ0v) is 7.48. The zero-order valence-electron chi connectivity index (χ0n) is 7.48. The van der Waals surface area contributed by atoms with Crippen LogP contribution in [0, 0.1) is 0 Å². The molecule has 0 aromatic carbocycles. The standard InChI is InChI=1S/C7H11N3O3/c1-3-13-7(11)5(12-2)6-8-4-9-10-6/h4-5H,3H2,1-2H3,(H,8,9,10). The Morgan fingerprint density at radius 3 is 3.00 bits per heavy atom. The molecule has 1 N–H and O–H groups in total. The summed E-state index contributed by atoms with van der Waals surface area (Å²) in [6.07, 6.45) is 0.489. The van der Waals surface area contributed by atoms with E-state index in [1.807, 2.05) is 0 Å². The normalized spacial score (nSPS) is 12.5. The number of carbonyl (C=O) groups is 1. The first kappa shape index (κ1) is 9.66. The van der Waals surface area contributed by atoms with Crippen molar-refractivity contribution in [2.45, 2.75) is 13.0 Å². The molecule has 0 saturated carbocycles. The van der Waals surface area contributed by atoms with Crippen molar-refractivity contribution in [2.24, 2.45) is 0 Å². The van der Waals surface area contributed by atoms with Crippen molar-refractivity contribution in [3.8, 4) is 0 Å². The van der Waals surface area contributed by atoms with Crippen molar-refractivity contribution < 1.29 is 14.3 Å². The van der Waals surface area contributed by atoms with Crippen LogP contribution in [-0.4, -0.2) is 34.9 Å². The van der Waals surface area contributed by atoms with E-state index in [1.165, 1.54) is 13.4 Å². The number of nitrogens with one attached hydrogen (secondary N) is 1. The molecular formula is C7H11N3O3. The van der Waals surface area contributed by atoms with Crippen molar-refractivity contribution in [1.29, 1.82) is 0 Å². The van der Waals surface area contributed by atoms with Gasteiger partial charge in [0.15, 0.2) is 5.82 Å². The maximum Gasteiger partial charge on any atom is 0.343 e. The summed E-state index contributed by atoms with van der Waals surface area (Å²) in [4.78, 5) is 15.0. The van der Waals surface area contributed by atoms with Gasteiger partial charge in [-0.05, 0) is 6.92 Å². The quantitative estimate of drug-likeness (QED) is 0.671. The smallest absolute Gasteiger partial charge is 0.343 e. The van der Waals surface area contributed by atoms with E-state index in [4.69, 9.17) is 9.47 Å². The number of rotatable bonds is 4. The van der Waals surface area contributed by atoms with Crippen LogP contribution in [0.15, 0.2) is 6.33 Å². The van der Waals surface area contributed by atoms with Gasteiger partial charge in [0.25, 0.3) is 0 Å². The first-order valence-electron chi connectivity index (χ1n) is 3.84. The van der Waals surface area contributed by atoms with Crippen molar-refractivity contribution in [1.82, 2.24) is 15.2 Å². The Morgan fingerprint density at radius 1 is 1.77 bits per heavy atom. The van der Waals surface area contributed by atoms with E-state index in [0.717, 1.165) is 0 Å². The lowest BCUT2D eigenvalue weighted by atomic mass is 10.3. The molecule has 0 fully saturated rings. The number of esters is 1. The monoisotopic (exact) mass is 185 g/mol. The van der Waals surface area contributed by atoms with Crippen LogP contribution in [0.3, 0.4) is 0 Å². The Bertz CT molecular complexity index is 260. The summed E-state index contributed by atoms with van der Waals surface area (Å²) in [5.41, 5.74) is 0. The number of aromatic nitrogens is 3. The molecule has 72 valence electrons. The van der Waals surface area contributed by atoms with Gasteiger partial charge in [0, 0.05) is 7.11 Å². The summed E-state index contributed by atoms with van der Waals surface area (Å²) in [6, 6.07) is 0. The second-order valence-corrected chi connectivity index (χ2v) is 2.24. The van der Waals surface area contributed by atoms with E-state index >= 15 is 0 Å². The van der Waals surface area contributed by atoms with Gasteiger partial charge in [0.1, 0.15) is 6.33 Å². The predicted molar refractivity (Wildman–Crippen MR) is 42.8 cm³/mol. The van der Waals surface area contributed by atoms with Gasteiger partial charge < -0.3 is 9.47 Å². The lowest BCUT2D eigenvalue weighted by Gasteiger charge is -2.10. The summed E-state index contributed by atoms with van der Waals surface area (Å²) >= 11 is 0. The van der Waals surface area contributed by atoms with E-state index in [0.29, 0.717) is 12.4 Å². The third-order valence-corrected chi connectivity index (χ3v) is 1.42. The van der Waals surface area contributed by atoms with Crippen LogP contribution < -0.4 is 0 Å². The number of ether oxygens (including phenoxy) is 2. The average molecular weight is 185 g/mol. The van der Waals surface area contributed by atoms with Gasteiger partial charge in [0.05, 0.1) is 6.61 Å². The van der Waals surface area contributed by atoms with E-state index in [-0.39, 0.29) is 0 Å². The number of carbonyl (C=O) groups excluding carboxylic acids is 1. The van der Waals surface area contributed by atoms with Crippen LogP contribution in [0.2, 0.25) is 0 Å². The molecule has 1 rings (SSSR count). The summed E-state index contributed by atoms with van der Waals surface area (Å²) in [5, 5.41) is 6.15. The Morgan fingerprint density at radius 2 is 2.54 bits per heavy atom. The number of methoxy groups -OCH3 is 1. The highest BCUT2D eigenvalue weighted by Gasteiger charge is 2.23. The van der Waals surface area contributed by atoms with Crippen LogP contribution in [0.25, 0.3) is 0 Å². The number of nitrogens with zero attached hydrogens (tertiary/aromatic N) is 2. The largest absolute Gasteiger partial charge is 0.464 e. The molecule has 0 aliphatic rings. The minimum Gasteiger partial charge on any atom is -0.464 e. The number of hydrogen-bond acceptors (Lipinski definition) is 5. The second-order valence-electron chi connectivity index (χ2n) is 2.24. The Balaban J connectivity index is 2.68. The lowest BCUT2D eigenvalue weighted by molar-refractivity contribution is -0.155. The van der Waals surface area contributed by atoms with Gasteiger partial charge >= 0.3 is 5.97 Å². The van der Waals surface area contributed by atoms with Crippen LogP contribution in [0.4, 0.5) is 0 Å². The Labute approximate surface area is 75.3 Å². The molecule has 1 heterocycles. The SMILES string of the molecule is CCOC(=O)C(OC)c1ncn[nH]1. The molecule has 0 radical (unpaired) electrons. The predicted octanol–water partition coefficient (Wildman–Crippen LogP) is 0.0553. The lowest BCUT2D eigenvalue weighted by Crippen LogP contribution is -2.18. The topological polar surface area (TPSA) is 77.1 Å². The molecule has 1 unspecified atom stereocenters. The van der Waals surface area contributed by atoms with Crippen molar-refractivity contribution in [2.75, 3.05) is 13.7 Å². The highest BCUT2D eigenvalue weighted by molar-refractivity contribution is 5.75. The number of aromatic amines is 1.